The van der Waals surface area contributed by atoms with Gasteiger partial charge >= 0.3 is 115 Å². The molecule has 0 saturated heterocycles. The van der Waals surface area contributed by atoms with Crippen molar-refractivity contribution in [3.63, 3.8) is 0 Å². The van der Waals surface area contributed by atoms with Crippen molar-refractivity contribution in [3.8, 4) is 0 Å². The van der Waals surface area contributed by atoms with Gasteiger partial charge in [0.15, 0.2) is 0 Å². The van der Waals surface area contributed by atoms with Gasteiger partial charge in [-0.25, -0.2) is 0 Å². The van der Waals surface area contributed by atoms with Crippen molar-refractivity contribution in [2.24, 2.45) is 0 Å². The van der Waals surface area contributed by atoms with Gasteiger partial charge in [0.25, 0.3) is 0 Å². The van der Waals surface area contributed by atoms with Crippen molar-refractivity contribution in [2.45, 2.75) is 13.7 Å². The van der Waals surface area contributed by atoms with Crippen molar-refractivity contribution in [2.75, 3.05) is 14.1 Å². The van der Waals surface area contributed by atoms with E-state index in [4.69, 9.17) is 8.22 Å². The molecule has 0 atom stereocenters. The Morgan fingerprint density at radius 3 is 1.41 bits per heavy atom. The van der Waals surface area contributed by atoms with Gasteiger partial charge < -0.3 is 0 Å². The first-order valence-electron chi connectivity index (χ1n) is 6.70. The van der Waals surface area contributed by atoms with E-state index in [-0.39, 0.29) is 37.9 Å². The summed E-state index contributed by atoms with van der Waals surface area (Å²) in [7, 11) is -6.99. The Bertz CT molecular complexity index is 589. The third-order valence-corrected chi connectivity index (χ3v) is 7.40. The molecule has 0 fully saturated rings. The second-order valence-corrected chi connectivity index (χ2v) is 10.4. The van der Waals surface area contributed by atoms with E-state index in [1.54, 1.807) is 0 Å². The zero-order chi connectivity index (χ0) is 19.1. The van der Waals surface area contributed by atoms with Gasteiger partial charge in [0, 0.05) is 0 Å². The average Bonchev–Trinajstić information content (AvgIpc) is 2.53. The molecule has 0 aliphatic rings. The summed E-state index contributed by atoms with van der Waals surface area (Å²) >= 11 is -0.670. The molecule has 0 aliphatic heterocycles. The molecule has 0 amide bonds. The molecule has 0 aliphatic carbocycles. The number of halogens is 6. The monoisotopic (exact) mass is 421 g/mol. The molecule has 1 heterocycles. The summed E-state index contributed by atoms with van der Waals surface area (Å²) < 4.78 is 107. The first-order valence-corrected chi connectivity index (χ1v) is 9.15. The zero-order valence-electron chi connectivity index (χ0n) is 14.5. The Morgan fingerprint density at radius 2 is 1.24 bits per heavy atom. The molecule has 0 radical (unpaired) electrons. The number of rotatable bonds is 0. The zero-order valence-corrected chi connectivity index (χ0v) is 12.8. The molecule has 1 rings (SSSR count). The third-order valence-electron chi connectivity index (χ3n) is 0.950. The molecule has 1 nitrogen and oxygen atoms in total. The summed E-state index contributed by atoms with van der Waals surface area (Å²) in [5.41, 5.74) is 0. The van der Waals surface area contributed by atoms with Gasteiger partial charge in [-0.15, -0.1) is 0 Å². The van der Waals surface area contributed by atoms with Crippen LogP contribution in [-0.2, 0) is 0 Å². The van der Waals surface area contributed by atoms with Crippen LogP contribution in [0.25, 0.3) is 0 Å². The Kier molecular flexibility index (Phi) is 2.50. The minimum absolute atomic E-state index is 0.184. The molecule has 17 heavy (non-hydrogen) atoms. The summed E-state index contributed by atoms with van der Waals surface area (Å²) in [5, 5.41) is 0. The van der Waals surface area contributed by atoms with Crippen molar-refractivity contribution in [3.05, 3.63) is 12.0 Å². The molecular weight excluding hydrogens is 401 g/mol. The number of hydrogen-bond donors (Lipinski definition) is 0. The van der Waals surface area contributed by atoms with E-state index < -0.39 is 21.5 Å². The van der Waals surface area contributed by atoms with E-state index >= 15 is 0 Å². The van der Waals surface area contributed by atoms with Crippen LogP contribution < -0.4 is 7.68 Å². The summed E-state index contributed by atoms with van der Waals surface area (Å²) in [5.74, 6) is 0. The van der Waals surface area contributed by atoms with Gasteiger partial charge in [-0.05, 0) is 0 Å². The van der Waals surface area contributed by atoms with E-state index in [9.17, 15) is 25.2 Å². The van der Waals surface area contributed by atoms with Crippen molar-refractivity contribution >= 4 is 36.8 Å². The SMILES string of the molecule is F[P-](F)(F)(F)(F)F.[2H]C([2H])([2H])c1[se]c(=[N+](C)C)[se]c1C([2H])([2H])[2H]. The van der Waals surface area contributed by atoms with Crippen LogP contribution in [0.5, 0.6) is 0 Å². The van der Waals surface area contributed by atoms with Crippen LogP contribution in [0.15, 0.2) is 0 Å². The van der Waals surface area contributed by atoms with E-state index in [0.717, 1.165) is 3.11 Å². The van der Waals surface area contributed by atoms with Gasteiger partial charge in [-0.3, -0.25) is 0 Å². The Labute approximate surface area is 115 Å². The van der Waals surface area contributed by atoms with Gasteiger partial charge in [-0.1, -0.05) is 0 Å². The fourth-order valence-corrected chi connectivity index (χ4v) is 5.63. The van der Waals surface area contributed by atoms with Crippen LogP contribution in [-0.4, -0.2) is 43.1 Å². The van der Waals surface area contributed by atoms with Crippen LogP contribution in [0.3, 0.4) is 0 Å². The van der Waals surface area contributed by atoms with E-state index in [0.29, 0.717) is 0 Å². The summed E-state index contributed by atoms with van der Waals surface area (Å²) in [6.07, 6.45) is 0. The van der Waals surface area contributed by atoms with Crippen LogP contribution in [0.1, 0.15) is 17.1 Å². The van der Waals surface area contributed by atoms with E-state index in [1.165, 1.54) is 0 Å². The van der Waals surface area contributed by atoms with Crippen LogP contribution in [0, 0.1) is 13.7 Å². The van der Waals surface area contributed by atoms with Crippen molar-refractivity contribution in [1.82, 2.24) is 4.58 Å². The number of aryl methyl sites for hydroxylation is 2. The first-order chi connectivity index (χ1) is 9.48. The molecule has 0 bridgehead atoms. The number of hydrogen-bond acceptors (Lipinski definition) is 0. The van der Waals surface area contributed by atoms with Gasteiger partial charge in [0.2, 0.25) is 0 Å². The Balaban J connectivity index is 0.000000585. The summed E-state index contributed by atoms with van der Waals surface area (Å²) in [4.78, 5) is 0. The molecule has 1 aromatic heterocycles. The third kappa shape index (κ3) is 12.7. The quantitative estimate of drug-likeness (QED) is 0.264. The van der Waals surface area contributed by atoms with E-state index in [1.807, 2.05) is 18.7 Å². The van der Waals surface area contributed by atoms with Crippen molar-refractivity contribution in [1.29, 1.82) is 0 Å². The van der Waals surface area contributed by atoms with Gasteiger partial charge in [-0.2, -0.15) is 0 Å². The number of nitrogens with zero attached hydrogens (tertiary/aromatic N) is 1. The molecule has 10 heteroatoms. The van der Waals surface area contributed by atoms with Crippen molar-refractivity contribution < 1.29 is 33.4 Å². The normalized spacial score (nSPS) is 22.1. The molecule has 104 valence electrons. The molecule has 0 spiro atoms. The molecule has 0 saturated carbocycles. The minimum atomic E-state index is -10.7. The molecule has 1 aromatic rings. The predicted octanol–water partition coefficient (Wildman–Crippen LogP) is 2.83. The molecule has 0 unspecified atom stereocenters. The Hall–Kier alpha value is 0.459. The van der Waals surface area contributed by atoms with E-state index in [2.05, 4.69) is 0 Å². The average molecular weight is 419 g/mol. The maximum atomic E-state index is 9.87. The topological polar surface area (TPSA) is 3.01 Å². The summed E-state index contributed by atoms with van der Waals surface area (Å²) in [6.45, 7) is -4.52. The second-order valence-electron chi connectivity index (χ2n) is 2.98. The second kappa shape index (κ2) is 4.53. The maximum absolute atomic E-state index is 10.7. The predicted molar refractivity (Wildman–Crippen MR) is 60.5 cm³/mol. The molecule has 0 aromatic carbocycles. The fourth-order valence-electron chi connectivity index (χ4n) is 0.471. The standard InChI is InChI=1S/C7H12NSe2.F6P/c1-5-6(2)10-7(9-5)8(3)4;1-7(2,3,4,5)6/h1-4H3;/q+1;-1/i1D3,2D3;. The summed E-state index contributed by atoms with van der Waals surface area (Å²) in [6, 6.07) is 0. The Morgan fingerprint density at radius 1 is 0.941 bits per heavy atom. The van der Waals surface area contributed by atoms with Gasteiger partial charge in [0.05, 0.1) is 0 Å². The first kappa shape index (κ1) is 9.38. The van der Waals surface area contributed by atoms with Crippen LogP contribution in [0.2, 0.25) is 0 Å². The van der Waals surface area contributed by atoms with Crippen LogP contribution in [0.4, 0.5) is 25.2 Å². The fraction of sp³-hybridized carbons (Fsp3) is 0.571. The molecule has 0 N–H and O–H groups in total. The molecular formula is C7H12F6NPSe2. The van der Waals surface area contributed by atoms with Gasteiger partial charge in [0.1, 0.15) is 0 Å². The van der Waals surface area contributed by atoms with Crippen LogP contribution >= 0.6 is 7.81 Å².